The second kappa shape index (κ2) is 7.31. The van der Waals surface area contributed by atoms with Crippen LogP contribution in [0.2, 0.25) is 0 Å². The van der Waals surface area contributed by atoms with Crippen LogP contribution < -0.4 is 10.1 Å². The Morgan fingerprint density at radius 2 is 2.00 bits per heavy atom. The average molecular weight is 312 g/mol. The molecule has 0 aliphatic carbocycles. The lowest BCUT2D eigenvalue weighted by Gasteiger charge is -2.06. The van der Waals surface area contributed by atoms with Crippen molar-refractivity contribution in [3.05, 3.63) is 24.5 Å². The summed E-state index contributed by atoms with van der Waals surface area (Å²) in [7, 11) is 1.68. The maximum absolute atomic E-state index is 5.31. The first-order valence-electron chi connectivity index (χ1n) is 8.37. The van der Waals surface area contributed by atoms with Crippen molar-refractivity contribution in [3.63, 3.8) is 0 Å². The van der Waals surface area contributed by atoms with E-state index in [2.05, 4.69) is 27.2 Å². The SMILES string of the molecule is CCCCCCCNc1ncnc2c1[nH]c1ccc(OC)cc12. The number of H-pyrrole nitrogens is 1. The predicted octanol–water partition coefficient (Wildman–Crippen LogP) is 4.50. The third-order valence-corrected chi connectivity index (χ3v) is 4.16. The number of methoxy groups -OCH3 is 1. The molecule has 0 radical (unpaired) electrons. The number of ether oxygens (including phenoxy) is 1. The molecule has 1 aromatic carbocycles. The summed E-state index contributed by atoms with van der Waals surface area (Å²) in [5.74, 6) is 1.71. The van der Waals surface area contributed by atoms with Crippen LogP contribution in [0, 0.1) is 0 Å². The molecule has 0 atom stereocenters. The van der Waals surface area contributed by atoms with Crippen molar-refractivity contribution in [2.75, 3.05) is 19.0 Å². The summed E-state index contributed by atoms with van der Waals surface area (Å²) in [5, 5.41) is 4.50. The molecular weight excluding hydrogens is 288 g/mol. The summed E-state index contributed by atoms with van der Waals surface area (Å²) in [6.07, 6.45) is 7.96. The van der Waals surface area contributed by atoms with Crippen LogP contribution in [0.4, 0.5) is 5.82 Å². The molecule has 5 heteroatoms. The first kappa shape index (κ1) is 15.6. The van der Waals surface area contributed by atoms with Crippen LogP contribution in [0.5, 0.6) is 5.75 Å². The molecule has 0 amide bonds. The number of aromatic amines is 1. The molecule has 2 heterocycles. The van der Waals surface area contributed by atoms with Crippen molar-refractivity contribution in [1.82, 2.24) is 15.0 Å². The fourth-order valence-electron chi connectivity index (χ4n) is 2.87. The van der Waals surface area contributed by atoms with Gasteiger partial charge in [0, 0.05) is 17.4 Å². The summed E-state index contributed by atoms with van der Waals surface area (Å²) in [5.41, 5.74) is 2.94. The molecule has 0 aliphatic heterocycles. The van der Waals surface area contributed by atoms with Gasteiger partial charge in [-0.15, -0.1) is 0 Å². The number of rotatable bonds is 8. The Hall–Kier alpha value is -2.30. The molecule has 0 spiro atoms. The first-order chi connectivity index (χ1) is 11.3. The van der Waals surface area contributed by atoms with Crippen molar-refractivity contribution in [3.8, 4) is 5.75 Å². The second-order valence-corrected chi connectivity index (χ2v) is 5.82. The van der Waals surface area contributed by atoms with E-state index in [1.807, 2.05) is 18.2 Å². The van der Waals surface area contributed by atoms with Crippen molar-refractivity contribution >= 4 is 27.8 Å². The predicted molar refractivity (Wildman–Crippen MR) is 95.2 cm³/mol. The standard InChI is InChI=1S/C18H24N4O/c1-3-4-5-6-7-10-19-18-17-16(20-12-21-18)14-11-13(23-2)8-9-15(14)22-17/h8-9,11-12,22H,3-7,10H2,1-2H3,(H,19,20,21). The number of fused-ring (bicyclic) bond motifs is 3. The van der Waals surface area contributed by atoms with Crippen molar-refractivity contribution in [2.45, 2.75) is 39.0 Å². The lowest BCUT2D eigenvalue weighted by Crippen LogP contribution is -2.04. The Balaban J connectivity index is 1.78. The lowest BCUT2D eigenvalue weighted by atomic mass is 10.1. The average Bonchev–Trinajstić information content (AvgIpc) is 2.96. The zero-order valence-corrected chi connectivity index (χ0v) is 13.9. The molecule has 5 nitrogen and oxygen atoms in total. The van der Waals surface area contributed by atoms with Gasteiger partial charge in [0.2, 0.25) is 0 Å². The summed E-state index contributed by atoms with van der Waals surface area (Å²) in [6.45, 7) is 3.18. The Morgan fingerprint density at radius 1 is 1.13 bits per heavy atom. The zero-order valence-electron chi connectivity index (χ0n) is 13.9. The molecule has 2 N–H and O–H groups in total. The highest BCUT2D eigenvalue weighted by Crippen LogP contribution is 2.29. The van der Waals surface area contributed by atoms with Crippen molar-refractivity contribution in [1.29, 1.82) is 0 Å². The van der Waals surface area contributed by atoms with E-state index in [1.165, 1.54) is 32.1 Å². The van der Waals surface area contributed by atoms with E-state index < -0.39 is 0 Å². The number of aromatic nitrogens is 3. The van der Waals surface area contributed by atoms with Crippen LogP contribution in [0.3, 0.4) is 0 Å². The fraction of sp³-hybridized carbons (Fsp3) is 0.444. The zero-order chi connectivity index (χ0) is 16.1. The molecule has 0 unspecified atom stereocenters. The van der Waals surface area contributed by atoms with Gasteiger partial charge in [-0.05, 0) is 24.6 Å². The number of nitrogens with zero attached hydrogens (tertiary/aromatic N) is 2. The first-order valence-corrected chi connectivity index (χ1v) is 8.37. The second-order valence-electron chi connectivity index (χ2n) is 5.82. The Morgan fingerprint density at radius 3 is 2.83 bits per heavy atom. The lowest BCUT2D eigenvalue weighted by molar-refractivity contribution is 0.415. The minimum absolute atomic E-state index is 0.836. The van der Waals surface area contributed by atoms with E-state index in [4.69, 9.17) is 4.74 Å². The monoisotopic (exact) mass is 312 g/mol. The fourth-order valence-corrected chi connectivity index (χ4v) is 2.87. The van der Waals surface area contributed by atoms with Gasteiger partial charge in [-0.3, -0.25) is 0 Å². The van der Waals surface area contributed by atoms with Crippen LogP contribution in [-0.4, -0.2) is 28.6 Å². The summed E-state index contributed by atoms with van der Waals surface area (Å²) in [4.78, 5) is 12.2. The van der Waals surface area contributed by atoms with Crippen LogP contribution >= 0.6 is 0 Å². The highest BCUT2D eigenvalue weighted by atomic mass is 16.5. The van der Waals surface area contributed by atoms with Gasteiger partial charge in [0.1, 0.15) is 23.1 Å². The molecule has 0 saturated heterocycles. The maximum Gasteiger partial charge on any atom is 0.153 e. The van der Waals surface area contributed by atoms with Gasteiger partial charge in [-0.1, -0.05) is 32.6 Å². The molecule has 0 fully saturated rings. The van der Waals surface area contributed by atoms with Gasteiger partial charge in [0.15, 0.2) is 5.82 Å². The Labute approximate surface area is 136 Å². The molecule has 0 saturated carbocycles. The number of hydrogen-bond donors (Lipinski definition) is 2. The van der Waals surface area contributed by atoms with Crippen molar-refractivity contribution in [2.24, 2.45) is 0 Å². The largest absolute Gasteiger partial charge is 0.497 e. The van der Waals surface area contributed by atoms with Gasteiger partial charge in [0.25, 0.3) is 0 Å². The summed E-state index contributed by atoms with van der Waals surface area (Å²) >= 11 is 0. The maximum atomic E-state index is 5.31. The summed E-state index contributed by atoms with van der Waals surface area (Å²) < 4.78 is 5.31. The van der Waals surface area contributed by atoms with E-state index in [1.54, 1.807) is 13.4 Å². The number of unbranched alkanes of at least 4 members (excludes halogenated alkanes) is 4. The highest BCUT2D eigenvalue weighted by Gasteiger charge is 2.11. The number of benzene rings is 1. The van der Waals surface area contributed by atoms with Crippen LogP contribution in [-0.2, 0) is 0 Å². The third kappa shape index (κ3) is 3.38. The van der Waals surface area contributed by atoms with E-state index in [-0.39, 0.29) is 0 Å². The van der Waals surface area contributed by atoms with E-state index in [0.29, 0.717) is 0 Å². The van der Waals surface area contributed by atoms with Gasteiger partial charge >= 0.3 is 0 Å². The molecule has 0 bridgehead atoms. The molecular formula is C18H24N4O. The smallest absolute Gasteiger partial charge is 0.153 e. The van der Waals surface area contributed by atoms with Gasteiger partial charge < -0.3 is 15.0 Å². The van der Waals surface area contributed by atoms with E-state index in [9.17, 15) is 0 Å². The third-order valence-electron chi connectivity index (χ3n) is 4.16. The highest BCUT2D eigenvalue weighted by molar-refractivity contribution is 6.08. The number of anilines is 1. The minimum atomic E-state index is 0.836. The quantitative estimate of drug-likeness (QED) is 0.601. The Bertz CT molecular complexity index is 781. The number of nitrogens with one attached hydrogen (secondary N) is 2. The van der Waals surface area contributed by atoms with Gasteiger partial charge in [0.05, 0.1) is 7.11 Å². The van der Waals surface area contributed by atoms with Crippen LogP contribution in [0.1, 0.15) is 39.0 Å². The molecule has 122 valence electrons. The topological polar surface area (TPSA) is 62.8 Å². The van der Waals surface area contributed by atoms with E-state index in [0.717, 1.165) is 40.0 Å². The van der Waals surface area contributed by atoms with Crippen LogP contribution in [0.15, 0.2) is 24.5 Å². The van der Waals surface area contributed by atoms with Crippen molar-refractivity contribution < 1.29 is 4.74 Å². The van der Waals surface area contributed by atoms with E-state index >= 15 is 0 Å². The Kier molecular flexibility index (Phi) is 4.95. The van der Waals surface area contributed by atoms with Crippen LogP contribution in [0.25, 0.3) is 21.9 Å². The molecule has 0 aliphatic rings. The molecule has 23 heavy (non-hydrogen) atoms. The van der Waals surface area contributed by atoms with Gasteiger partial charge in [-0.25, -0.2) is 9.97 Å². The minimum Gasteiger partial charge on any atom is -0.497 e. The number of hydrogen-bond acceptors (Lipinski definition) is 4. The molecule has 2 aromatic heterocycles. The molecule has 3 aromatic rings. The summed E-state index contributed by atoms with van der Waals surface area (Å²) in [6, 6.07) is 5.98. The normalized spacial score (nSPS) is 11.2. The molecule has 3 rings (SSSR count). The van der Waals surface area contributed by atoms with Gasteiger partial charge in [-0.2, -0.15) is 0 Å².